The number of benzene rings is 2. The molecular formula is C27H36ClN3O4. The number of ether oxygens (including phenoxy) is 3. The van der Waals surface area contributed by atoms with Crippen molar-refractivity contribution < 1.29 is 19.0 Å². The van der Waals surface area contributed by atoms with E-state index in [0.717, 1.165) is 25.9 Å². The minimum Gasteiger partial charge on any atom is -0.493 e. The van der Waals surface area contributed by atoms with E-state index in [-0.39, 0.29) is 37.0 Å². The van der Waals surface area contributed by atoms with Gasteiger partial charge in [-0.2, -0.15) is 0 Å². The second-order valence-electron chi connectivity index (χ2n) is 9.66. The third-order valence-electron chi connectivity index (χ3n) is 7.52. The van der Waals surface area contributed by atoms with Crippen molar-refractivity contribution in [1.29, 1.82) is 0 Å². The molecule has 7 nitrogen and oxygen atoms in total. The number of hydrogen-bond acceptors (Lipinski definition) is 6. The topological polar surface area (TPSA) is 77.3 Å². The molecule has 2 N–H and O–H groups in total. The summed E-state index contributed by atoms with van der Waals surface area (Å²) in [5.41, 5.74) is 11.9. The summed E-state index contributed by atoms with van der Waals surface area (Å²) < 4.78 is 17.0. The molecule has 8 heteroatoms. The maximum Gasteiger partial charge on any atom is 0.260 e. The van der Waals surface area contributed by atoms with Crippen molar-refractivity contribution in [2.45, 2.75) is 37.8 Å². The van der Waals surface area contributed by atoms with Gasteiger partial charge in [-0.15, -0.1) is 12.4 Å². The van der Waals surface area contributed by atoms with E-state index < -0.39 is 0 Å². The molecule has 3 aliphatic rings. The van der Waals surface area contributed by atoms with Gasteiger partial charge in [0.25, 0.3) is 5.91 Å². The number of amides is 1. The van der Waals surface area contributed by atoms with Gasteiger partial charge in [0.1, 0.15) is 0 Å². The summed E-state index contributed by atoms with van der Waals surface area (Å²) in [4.78, 5) is 16.9. The van der Waals surface area contributed by atoms with E-state index in [2.05, 4.69) is 48.2 Å². The Balaban J connectivity index is 0.00000289. The predicted molar refractivity (Wildman–Crippen MR) is 138 cm³/mol. The molecule has 3 unspecified atom stereocenters. The number of halogens is 1. The second kappa shape index (κ2) is 11.2. The van der Waals surface area contributed by atoms with Gasteiger partial charge >= 0.3 is 0 Å². The van der Waals surface area contributed by atoms with Gasteiger partial charge in [0.15, 0.2) is 18.1 Å². The molecule has 2 fully saturated rings. The highest BCUT2D eigenvalue weighted by Crippen LogP contribution is 2.44. The number of nitrogens with zero attached hydrogens (tertiary/aromatic N) is 2. The number of carbonyl (C=O) groups is 1. The van der Waals surface area contributed by atoms with Crippen molar-refractivity contribution in [2.75, 3.05) is 53.1 Å². The lowest BCUT2D eigenvalue weighted by atomic mass is 9.78. The third kappa shape index (κ3) is 5.43. The summed E-state index contributed by atoms with van der Waals surface area (Å²) >= 11 is 0. The fourth-order valence-corrected chi connectivity index (χ4v) is 5.63. The second-order valence-corrected chi connectivity index (χ2v) is 9.66. The Bertz CT molecular complexity index is 1040. The molecule has 0 spiro atoms. The van der Waals surface area contributed by atoms with Crippen molar-refractivity contribution in [3.63, 3.8) is 0 Å². The molecule has 0 bridgehead atoms. The lowest BCUT2D eigenvalue weighted by molar-refractivity contribution is -0.137. The Kier molecular flexibility index (Phi) is 8.22. The number of fused-ring (bicyclic) bond motifs is 3. The lowest BCUT2D eigenvalue weighted by Crippen LogP contribution is -2.49. The maximum atomic E-state index is 12.5. The first-order valence-corrected chi connectivity index (χ1v) is 12.3. The Labute approximate surface area is 213 Å². The summed E-state index contributed by atoms with van der Waals surface area (Å²) in [7, 11) is 1.65. The quantitative estimate of drug-likeness (QED) is 0.678. The summed E-state index contributed by atoms with van der Waals surface area (Å²) in [6, 6.07) is 13.3. The van der Waals surface area contributed by atoms with Gasteiger partial charge in [0, 0.05) is 44.2 Å². The highest BCUT2D eigenvalue weighted by atomic mass is 35.5. The van der Waals surface area contributed by atoms with Crippen LogP contribution in [0.5, 0.6) is 11.5 Å². The van der Waals surface area contributed by atoms with Crippen molar-refractivity contribution in [2.24, 2.45) is 5.73 Å². The summed E-state index contributed by atoms with van der Waals surface area (Å²) in [6.45, 7) is 6.49. The van der Waals surface area contributed by atoms with Crippen LogP contribution in [0.4, 0.5) is 0 Å². The number of nitrogens with two attached hydrogens (primary N) is 1. The van der Waals surface area contributed by atoms with Crippen LogP contribution in [0.2, 0.25) is 0 Å². The average Bonchev–Trinajstić information content (AvgIpc) is 2.86. The standard InChI is InChI=1S/C27H35N3O4.ClH/c1-18-4-3-5-19(12-18)22-16-30-7-6-20-13-26(34-17-27(31)29-8-10-33-11-9-29)25(32-2)14-21(20)24(30)15-23(22)28;/h3-5,12-14,22-24H,6-11,15-17,28H2,1-2H3;1H. The van der Waals surface area contributed by atoms with Gasteiger partial charge < -0.3 is 24.8 Å². The number of rotatable bonds is 5. The number of carbonyl (C=O) groups excluding carboxylic acids is 1. The largest absolute Gasteiger partial charge is 0.493 e. The van der Waals surface area contributed by atoms with Gasteiger partial charge in [-0.25, -0.2) is 0 Å². The van der Waals surface area contributed by atoms with Crippen LogP contribution < -0.4 is 15.2 Å². The minimum atomic E-state index is -0.0188. The zero-order chi connectivity index (χ0) is 23.7. The molecule has 3 heterocycles. The zero-order valence-corrected chi connectivity index (χ0v) is 21.4. The molecule has 2 aromatic carbocycles. The van der Waals surface area contributed by atoms with E-state index >= 15 is 0 Å². The van der Waals surface area contributed by atoms with E-state index in [9.17, 15) is 4.79 Å². The molecule has 3 aliphatic heterocycles. The fraction of sp³-hybridized carbons (Fsp3) is 0.519. The molecule has 190 valence electrons. The maximum absolute atomic E-state index is 12.5. The molecule has 3 atom stereocenters. The van der Waals surface area contributed by atoms with Gasteiger partial charge in [-0.1, -0.05) is 29.8 Å². The first-order valence-electron chi connectivity index (χ1n) is 12.3. The third-order valence-corrected chi connectivity index (χ3v) is 7.52. The Hall–Kier alpha value is -2.32. The van der Waals surface area contributed by atoms with E-state index in [1.165, 1.54) is 22.3 Å². The number of aryl methyl sites for hydroxylation is 1. The van der Waals surface area contributed by atoms with Crippen molar-refractivity contribution in [3.8, 4) is 11.5 Å². The van der Waals surface area contributed by atoms with Gasteiger partial charge in [0.05, 0.1) is 20.3 Å². The molecule has 1 amide bonds. The van der Waals surface area contributed by atoms with Crippen molar-refractivity contribution in [3.05, 3.63) is 58.7 Å². The van der Waals surface area contributed by atoms with Crippen molar-refractivity contribution >= 4 is 18.3 Å². The highest BCUT2D eigenvalue weighted by Gasteiger charge is 2.38. The Morgan fingerprint density at radius 1 is 1.14 bits per heavy atom. The molecule has 0 radical (unpaired) electrons. The van der Waals surface area contributed by atoms with Crippen LogP contribution in [-0.4, -0.2) is 74.9 Å². The summed E-state index contributed by atoms with van der Waals surface area (Å²) in [5.74, 6) is 1.63. The molecule has 35 heavy (non-hydrogen) atoms. The van der Waals surface area contributed by atoms with Crippen LogP contribution in [0.15, 0.2) is 36.4 Å². The van der Waals surface area contributed by atoms with Gasteiger partial charge in [-0.05, 0) is 48.6 Å². The van der Waals surface area contributed by atoms with E-state index in [1.54, 1.807) is 12.0 Å². The molecule has 0 saturated carbocycles. The lowest BCUT2D eigenvalue weighted by Gasteiger charge is -2.46. The summed E-state index contributed by atoms with van der Waals surface area (Å²) in [6.07, 6.45) is 1.85. The van der Waals surface area contributed by atoms with Crippen LogP contribution in [0.1, 0.15) is 40.6 Å². The monoisotopic (exact) mass is 501 g/mol. The molecule has 2 aromatic rings. The van der Waals surface area contributed by atoms with Crippen LogP contribution in [-0.2, 0) is 16.0 Å². The molecule has 0 aliphatic carbocycles. The highest BCUT2D eigenvalue weighted by molar-refractivity contribution is 5.85. The van der Waals surface area contributed by atoms with Crippen molar-refractivity contribution in [1.82, 2.24) is 9.80 Å². The first kappa shape index (κ1) is 25.8. The predicted octanol–water partition coefficient (Wildman–Crippen LogP) is 3.08. The molecular weight excluding hydrogens is 466 g/mol. The fourth-order valence-electron chi connectivity index (χ4n) is 5.63. The van der Waals surface area contributed by atoms with E-state index in [4.69, 9.17) is 19.9 Å². The Morgan fingerprint density at radius 3 is 2.69 bits per heavy atom. The van der Waals surface area contributed by atoms with Gasteiger partial charge in [-0.3, -0.25) is 9.69 Å². The van der Waals surface area contributed by atoms with E-state index in [1.807, 2.05) is 0 Å². The molecule has 5 rings (SSSR count). The first-order chi connectivity index (χ1) is 16.5. The smallest absolute Gasteiger partial charge is 0.260 e. The number of piperidine rings is 1. The minimum absolute atomic E-state index is 0. The number of hydrogen-bond donors (Lipinski definition) is 1. The van der Waals surface area contributed by atoms with Crippen LogP contribution in [0, 0.1) is 6.92 Å². The summed E-state index contributed by atoms with van der Waals surface area (Å²) in [5, 5.41) is 0. The van der Waals surface area contributed by atoms with Crippen LogP contribution >= 0.6 is 12.4 Å². The number of methoxy groups -OCH3 is 1. The SMILES string of the molecule is COc1cc2c(cc1OCC(=O)N1CCOCC1)CCN1CC(c3cccc(C)c3)C(N)CC21.Cl. The zero-order valence-electron chi connectivity index (χ0n) is 20.6. The average molecular weight is 502 g/mol. The number of morpholine rings is 1. The van der Waals surface area contributed by atoms with Crippen LogP contribution in [0.3, 0.4) is 0 Å². The van der Waals surface area contributed by atoms with E-state index in [0.29, 0.717) is 43.7 Å². The van der Waals surface area contributed by atoms with Crippen LogP contribution in [0.25, 0.3) is 0 Å². The molecule has 0 aromatic heterocycles. The normalized spacial score (nSPS) is 24.1. The molecule has 2 saturated heterocycles. The van der Waals surface area contributed by atoms with Gasteiger partial charge in [0.2, 0.25) is 0 Å². The Morgan fingerprint density at radius 2 is 1.94 bits per heavy atom.